The molecule has 0 aliphatic carbocycles. The van der Waals surface area contributed by atoms with Crippen molar-refractivity contribution in [3.63, 3.8) is 0 Å². The number of methoxy groups -OCH3 is 1. The predicted octanol–water partition coefficient (Wildman–Crippen LogP) is 3.99. The minimum Gasteiger partial charge on any atom is -0.496 e. The van der Waals surface area contributed by atoms with E-state index in [1.54, 1.807) is 23.4 Å². The van der Waals surface area contributed by atoms with Crippen LogP contribution < -0.4 is 10.3 Å². The van der Waals surface area contributed by atoms with Crippen molar-refractivity contribution in [2.24, 2.45) is 0 Å². The first-order valence-corrected chi connectivity index (χ1v) is 10.2. The van der Waals surface area contributed by atoms with E-state index in [1.807, 2.05) is 52.9 Å². The van der Waals surface area contributed by atoms with Crippen molar-refractivity contribution in [2.75, 3.05) is 7.11 Å². The Labute approximate surface area is 167 Å². The molecule has 4 aromatic rings. The SMILES string of the molecule is CCC(C)Sc1nnc2n(Cc3ccccc3OC)c(=O)c3ccccc3n12. The fourth-order valence-corrected chi connectivity index (χ4v) is 4.12. The van der Waals surface area contributed by atoms with Crippen molar-refractivity contribution >= 4 is 28.4 Å². The average molecular weight is 395 g/mol. The van der Waals surface area contributed by atoms with Crippen LogP contribution in [0.25, 0.3) is 16.7 Å². The van der Waals surface area contributed by atoms with E-state index >= 15 is 0 Å². The summed E-state index contributed by atoms with van der Waals surface area (Å²) in [6.45, 7) is 4.68. The van der Waals surface area contributed by atoms with E-state index in [-0.39, 0.29) is 5.56 Å². The number of fused-ring (bicyclic) bond motifs is 3. The van der Waals surface area contributed by atoms with Crippen LogP contribution >= 0.6 is 11.8 Å². The summed E-state index contributed by atoms with van der Waals surface area (Å²) < 4.78 is 9.13. The fraction of sp³-hybridized carbons (Fsp3) is 0.286. The molecule has 0 saturated carbocycles. The summed E-state index contributed by atoms with van der Waals surface area (Å²) in [6.07, 6.45) is 1.03. The molecule has 0 amide bonds. The van der Waals surface area contributed by atoms with Crippen LogP contribution in [0, 0.1) is 0 Å². The summed E-state index contributed by atoms with van der Waals surface area (Å²) >= 11 is 1.67. The smallest absolute Gasteiger partial charge is 0.263 e. The van der Waals surface area contributed by atoms with Crippen LogP contribution in [-0.4, -0.2) is 31.5 Å². The van der Waals surface area contributed by atoms with Gasteiger partial charge < -0.3 is 4.74 Å². The number of hydrogen-bond acceptors (Lipinski definition) is 5. The lowest BCUT2D eigenvalue weighted by Crippen LogP contribution is -2.24. The van der Waals surface area contributed by atoms with E-state index in [0.717, 1.165) is 28.4 Å². The molecule has 1 atom stereocenters. The number of aromatic nitrogens is 4. The van der Waals surface area contributed by atoms with Crippen molar-refractivity contribution in [3.8, 4) is 5.75 Å². The summed E-state index contributed by atoms with van der Waals surface area (Å²) in [5, 5.41) is 10.6. The molecule has 0 saturated heterocycles. The summed E-state index contributed by atoms with van der Waals surface area (Å²) in [4.78, 5) is 13.3. The van der Waals surface area contributed by atoms with E-state index in [1.165, 1.54) is 0 Å². The van der Waals surface area contributed by atoms with Crippen LogP contribution in [0.1, 0.15) is 25.8 Å². The zero-order chi connectivity index (χ0) is 19.7. The predicted molar refractivity (Wildman–Crippen MR) is 112 cm³/mol. The van der Waals surface area contributed by atoms with Crippen LogP contribution in [0.5, 0.6) is 5.75 Å². The lowest BCUT2D eigenvalue weighted by atomic mass is 10.2. The Morgan fingerprint density at radius 2 is 1.86 bits per heavy atom. The van der Waals surface area contributed by atoms with Gasteiger partial charge in [0, 0.05) is 10.8 Å². The number of thioether (sulfide) groups is 1. The van der Waals surface area contributed by atoms with Crippen molar-refractivity contribution in [2.45, 2.75) is 37.2 Å². The van der Waals surface area contributed by atoms with Gasteiger partial charge in [-0.2, -0.15) is 0 Å². The number of hydrogen-bond donors (Lipinski definition) is 0. The normalized spacial score (nSPS) is 12.5. The summed E-state index contributed by atoms with van der Waals surface area (Å²) in [7, 11) is 1.63. The molecular weight excluding hydrogens is 372 g/mol. The second kappa shape index (κ2) is 7.67. The Bertz CT molecular complexity index is 1200. The van der Waals surface area contributed by atoms with Crippen LogP contribution in [0.3, 0.4) is 0 Å². The van der Waals surface area contributed by atoms with Gasteiger partial charge in [-0.05, 0) is 24.6 Å². The minimum atomic E-state index is -0.0819. The van der Waals surface area contributed by atoms with Gasteiger partial charge in [0.05, 0.1) is 24.6 Å². The maximum Gasteiger partial charge on any atom is 0.263 e. The summed E-state index contributed by atoms with van der Waals surface area (Å²) in [6, 6.07) is 15.3. The first kappa shape index (κ1) is 18.6. The van der Waals surface area contributed by atoms with Gasteiger partial charge in [0.15, 0.2) is 5.16 Å². The van der Waals surface area contributed by atoms with Gasteiger partial charge in [-0.1, -0.05) is 55.9 Å². The van der Waals surface area contributed by atoms with E-state index in [2.05, 4.69) is 24.0 Å². The maximum atomic E-state index is 13.3. The van der Waals surface area contributed by atoms with E-state index < -0.39 is 0 Å². The lowest BCUT2D eigenvalue weighted by molar-refractivity contribution is 0.408. The highest BCUT2D eigenvalue weighted by atomic mass is 32.2. The quantitative estimate of drug-likeness (QED) is 0.463. The van der Waals surface area contributed by atoms with Crippen LogP contribution in [0.15, 0.2) is 58.5 Å². The Morgan fingerprint density at radius 3 is 2.64 bits per heavy atom. The second-order valence-corrected chi connectivity index (χ2v) is 8.08. The Balaban J connectivity index is 1.97. The molecule has 28 heavy (non-hydrogen) atoms. The zero-order valence-electron chi connectivity index (χ0n) is 16.1. The average Bonchev–Trinajstić information content (AvgIpc) is 3.14. The molecule has 0 radical (unpaired) electrons. The van der Waals surface area contributed by atoms with Crippen LogP contribution in [-0.2, 0) is 6.54 Å². The highest BCUT2D eigenvalue weighted by molar-refractivity contribution is 7.99. The standard InChI is InChI=1S/C21H22N4O2S/c1-4-14(2)28-21-23-22-20-24(13-15-9-5-8-12-18(15)27-3)19(26)16-10-6-7-11-17(16)25(20)21/h5-12,14H,4,13H2,1-3H3. The second-order valence-electron chi connectivity index (χ2n) is 6.67. The number of ether oxygens (including phenoxy) is 1. The molecule has 7 heteroatoms. The van der Waals surface area contributed by atoms with Crippen molar-refractivity contribution in [1.29, 1.82) is 0 Å². The van der Waals surface area contributed by atoms with Gasteiger partial charge in [0.1, 0.15) is 5.75 Å². The molecule has 0 aliphatic heterocycles. The number of nitrogens with zero attached hydrogens (tertiary/aromatic N) is 4. The Hall–Kier alpha value is -2.80. The van der Waals surface area contributed by atoms with Gasteiger partial charge in [0.2, 0.25) is 5.78 Å². The van der Waals surface area contributed by atoms with E-state index in [4.69, 9.17) is 4.74 Å². The molecule has 6 nitrogen and oxygen atoms in total. The van der Waals surface area contributed by atoms with Gasteiger partial charge in [-0.15, -0.1) is 10.2 Å². The lowest BCUT2D eigenvalue weighted by Gasteiger charge is -2.14. The monoisotopic (exact) mass is 394 g/mol. The van der Waals surface area contributed by atoms with Crippen LogP contribution in [0.4, 0.5) is 0 Å². The molecule has 4 rings (SSSR count). The van der Waals surface area contributed by atoms with Gasteiger partial charge in [0.25, 0.3) is 5.56 Å². The van der Waals surface area contributed by atoms with E-state index in [0.29, 0.717) is 23.0 Å². The molecule has 144 valence electrons. The molecule has 2 aromatic heterocycles. The molecule has 0 aliphatic rings. The van der Waals surface area contributed by atoms with Gasteiger partial charge in [-0.3, -0.25) is 13.8 Å². The number of para-hydroxylation sites is 2. The topological polar surface area (TPSA) is 61.4 Å². The van der Waals surface area contributed by atoms with Crippen molar-refractivity contribution in [1.82, 2.24) is 19.2 Å². The van der Waals surface area contributed by atoms with E-state index in [9.17, 15) is 4.79 Å². The minimum absolute atomic E-state index is 0.0819. The fourth-order valence-electron chi connectivity index (χ4n) is 3.22. The maximum absolute atomic E-state index is 13.3. The molecule has 0 fully saturated rings. The first-order chi connectivity index (χ1) is 13.6. The zero-order valence-corrected chi connectivity index (χ0v) is 16.9. The summed E-state index contributed by atoms with van der Waals surface area (Å²) in [5.41, 5.74) is 1.67. The third kappa shape index (κ3) is 3.16. The number of rotatable bonds is 6. The molecule has 0 N–H and O–H groups in total. The molecule has 2 aromatic carbocycles. The summed E-state index contributed by atoms with van der Waals surface area (Å²) in [5.74, 6) is 1.29. The molecule has 0 spiro atoms. The molecule has 2 heterocycles. The highest BCUT2D eigenvalue weighted by Crippen LogP contribution is 2.27. The molecule has 1 unspecified atom stereocenters. The van der Waals surface area contributed by atoms with Crippen molar-refractivity contribution in [3.05, 3.63) is 64.4 Å². The van der Waals surface area contributed by atoms with Crippen molar-refractivity contribution < 1.29 is 4.74 Å². The number of benzene rings is 2. The van der Waals surface area contributed by atoms with Gasteiger partial charge in [-0.25, -0.2) is 0 Å². The van der Waals surface area contributed by atoms with Gasteiger partial charge >= 0.3 is 0 Å². The molecule has 0 bridgehead atoms. The first-order valence-electron chi connectivity index (χ1n) is 9.29. The van der Waals surface area contributed by atoms with Crippen LogP contribution in [0.2, 0.25) is 0 Å². The highest BCUT2D eigenvalue weighted by Gasteiger charge is 2.18. The Kier molecular flexibility index (Phi) is 5.09. The molecular formula is C21H22N4O2S. The Morgan fingerprint density at radius 1 is 1.11 bits per heavy atom. The largest absolute Gasteiger partial charge is 0.496 e. The third-order valence-electron chi connectivity index (χ3n) is 4.88. The third-order valence-corrected chi connectivity index (χ3v) is 6.09.